The van der Waals surface area contributed by atoms with Gasteiger partial charge in [-0.25, -0.2) is 4.98 Å². The van der Waals surface area contributed by atoms with Crippen molar-refractivity contribution in [2.75, 3.05) is 25.0 Å². The highest BCUT2D eigenvalue weighted by molar-refractivity contribution is 5.92. The molecule has 19 heavy (non-hydrogen) atoms. The third-order valence-electron chi connectivity index (χ3n) is 3.76. The van der Waals surface area contributed by atoms with Gasteiger partial charge in [0.05, 0.1) is 0 Å². The molecule has 1 aliphatic rings. The molecule has 1 atom stereocenters. The van der Waals surface area contributed by atoms with Crippen molar-refractivity contribution in [2.45, 2.75) is 12.8 Å². The van der Waals surface area contributed by atoms with E-state index in [1.54, 1.807) is 18.3 Å². The van der Waals surface area contributed by atoms with E-state index in [0.717, 1.165) is 42.1 Å². The van der Waals surface area contributed by atoms with Crippen molar-refractivity contribution in [3.63, 3.8) is 0 Å². The van der Waals surface area contributed by atoms with Gasteiger partial charge in [-0.1, -0.05) is 0 Å². The number of fused-ring (bicyclic) bond motifs is 1. The van der Waals surface area contributed by atoms with Crippen LogP contribution >= 0.6 is 0 Å². The van der Waals surface area contributed by atoms with Gasteiger partial charge in [-0.2, -0.15) is 0 Å². The largest absolute Gasteiger partial charge is 0.508 e. The predicted octanol–water partition coefficient (Wildman–Crippen LogP) is 2.35. The Morgan fingerprint density at radius 1 is 1.37 bits per heavy atom. The maximum Gasteiger partial charge on any atom is 0.133 e. The molecule has 0 saturated carbocycles. The minimum atomic E-state index is 0.293. The first-order valence-electron chi connectivity index (χ1n) is 6.85. The van der Waals surface area contributed by atoms with Crippen molar-refractivity contribution in [3.8, 4) is 5.75 Å². The Labute approximate surface area is 112 Å². The van der Waals surface area contributed by atoms with Crippen molar-refractivity contribution in [1.82, 2.24) is 10.3 Å². The lowest BCUT2D eigenvalue weighted by atomic mass is 10.1. The summed E-state index contributed by atoms with van der Waals surface area (Å²) in [5, 5.41) is 18.4. The second-order valence-corrected chi connectivity index (χ2v) is 5.14. The molecular weight excluding hydrogens is 238 g/mol. The molecule has 3 N–H and O–H groups in total. The Balaban J connectivity index is 1.70. The van der Waals surface area contributed by atoms with Crippen molar-refractivity contribution in [2.24, 2.45) is 5.92 Å². The lowest BCUT2D eigenvalue weighted by Gasteiger charge is -2.11. The molecule has 0 aliphatic carbocycles. The summed E-state index contributed by atoms with van der Waals surface area (Å²) in [5.74, 6) is 1.98. The van der Waals surface area contributed by atoms with Crippen LogP contribution < -0.4 is 10.6 Å². The first-order valence-corrected chi connectivity index (χ1v) is 6.85. The highest BCUT2D eigenvalue weighted by Gasteiger charge is 2.13. The molecule has 1 aliphatic heterocycles. The van der Waals surface area contributed by atoms with Crippen LogP contribution in [0.4, 0.5) is 5.82 Å². The molecule has 3 rings (SSSR count). The maximum atomic E-state index is 9.49. The molecule has 1 fully saturated rings. The van der Waals surface area contributed by atoms with E-state index in [2.05, 4.69) is 15.6 Å². The average molecular weight is 257 g/mol. The second kappa shape index (κ2) is 5.45. The van der Waals surface area contributed by atoms with E-state index in [9.17, 15) is 5.11 Å². The summed E-state index contributed by atoms with van der Waals surface area (Å²) in [6.07, 6.45) is 4.23. The summed E-state index contributed by atoms with van der Waals surface area (Å²) in [7, 11) is 0. The molecule has 1 aromatic heterocycles. The molecule has 0 amide bonds. The number of nitrogens with one attached hydrogen (secondary N) is 2. The summed E-state index contributed by atoms with van der Waals surface area (Å²) in [6, 6.07) is 7.30. The zero-order valence-electron chi connectivity index (χ0n) is 10.9. The van der Waals surface area contributed by atoms with Crippen molar-refractivity contribution in [3.05, 3.63) is 30.5 Å². The number of benzene rings is 1. The average Bonchev–Trinajstić information content (AvgIpc) is 2.92. The molecule has 4 nitrogen and oxygen atoms in total. The first-order chi connectivity index (χ1) is 9.33. The quantitative estimate of drug-likeness (QED) is 0.787. The zero-order chi connectivity index (χ0) is 13.1. The molecule has 100 valence electrons. The maximum absolute atomic E-state index is 9.49. The molecule has 1 aromatic carbocycles. The van der Waals surface area contributed by atoms with E-state index in [4.69, 9.17) is 0 Å². The van der Waals surface area contributed by atoms with Crippen LogP contribution in [0.1, 0.15) is 12.8 Å². The highest BCUT2D eigenvalue weighted by Crippen LogP contribution is 2.24. The van der Waals surface area contributed by atoms with Crippen LogP contribution in [0.5, 0.6) is 5.75 Å². The van der Waals surface area contributed by atoms with Gasteiger partial charge in [0.2, 0.25) is 0 Å². The minimum Gasteiger partial charge on any atom is -0.508 e. The van der Waals surface area contributed by atoms with Crippen LogP contribution in [0.15, 0.2) is 30.5 Å². The molecular formula is C15H19N3O. The van der Waals surface area contributed by atoms with Crippen LogP contribution in [0.25, 0.3) is 10.8 Å². The Hall–Kier alpha value is -1.81. The summed E-state index contributed by atoms with van der Waals surface area (Å²) < 4.78 is 0. The third-order valence-corrected chi connectivity index (χ3v) is 3.76. The van der Waals surface area contributed by atoms with E-state index >= 15 is 0 Å². The van der Waals surface area contributed by atoms with Crippen molar-refractivity contribution < 1.29 is 5.11 Å². The number of pyridine rings is 1. The Morgan fingerprint density at radius 3 is 3.16 bits per heavy atom. The van der Waals surface area contributed by atoms with E-state index in [-0.39, 0.29) is 0 Å². The molecule has 1 unspecified atom stereocenters. The third kappa shape index (κ3) is 2.79. The number of phenolic OH excluding ortho intramolecular Hbond substituents is 1. The van der Waals surface area contributed by atoms with Crippen LogP contribution in [0.2, 0.25) is 0 Å². The number of hydrogen-bond acceptors (Lipinski definition) is 4. The summed E-state index contributed by atoms with van der Waals surface area (Å²) >= 11 is 0. The highest BCUT2D eigenvalue weighted by atomic mass is 16.3. The fourth-order valence-corrected chi connectivity index (χ4v) is 2.66. The van der Waals surface area contributed by atoms with Gasteiger partial charge in [0.25, 0.3) is 0 Å². The molecule has 2 heterocycles. The van der Waals surface area contributed by atoms with Gasteiger partial charge in [-0.3, -0.25) is 0 Å². The van der Waals surface area contributed by atoms with Gasteiger partial charge in [0.15, 0.2) is 0 Å². The molecule has 1 saturated heterocycles. The van der Waals surface area contributed by atoms with Crippen LogP contribution in [-0.2, 0) is 0 Å². The van der Waals surface area contributed by atoms with Crippen molar-refractivity contribution >= 4 is 16.6 Å². The Kier molecular flexibility index (Phi) is 3.51. The number of aromatic hydroxyl groups is 1. The molecule has 0 radical (unpaired) electrons. The number of aromatic nitrogens is 1. The van der Waals surface area contributed by atoms with Gasteiger partial charge in [0.1, 0.15) is 11.6 Å². The SMILES string of the molecule is Oc1ccc2c(NCCC3CCNC3)nccc2c1. The van der Waals surface area contributed by atoms with Crippen LogP contribution in [-0.4, -0.2) is 29.7 Å². The lowest BCUT2D eigenvalue weighted by molar-refractivity contribution is 0.476. The summed E-state index contributed by atoms with van der Waals surface area (Å²) in [6.45, 7) is 3.23. The number of phenols is 1. The topological polar surface area (TPSA) is 57.2 Å². The molecule has 2 aromatic rings. The van der Waals surface area contributed by atoms with E-state index in [1.807, 2.05) is 12.1 Å². The van der Waals surface area contributed by atoms with Gasteiger partial charge in [0, 0.05) is 18.1 Å². The monoisotopic (exact) mass is 257 g/mol. The van der Waals surface area contributed by atoms with E-state index in [1.165, 1.54) is 12.8 Å². The molecule has 4 heteroatoms. The molecule has 0 spiro atoms. The minimum absolute atomic E-state index is 0.293. The number of anilines is 1. The Morgan fingerprint density at radius 2 is 2.32 bits per heavy atom. The van der Waals surface area contributed by atoms with E-state index < -0.39 is 0 Å². The van der Waals surface area contributed by atoms with Crippen molar-refractivity contribution in [1.29, 1.82) is 0 Å². The standard InChI is InChI=1S/C15H19N3O/c19-13-1-2-14-12(9-13)5-8-18-15(14)17-7-4-11-3-6-16-10-11/h1-2,5,8-9,11,16,19H,3-4,6-7,10H2,(H,17,18). The lowest BCUT2D eigenvalue weighted by Crippen LogP contribution is -2.13. The number of hydrogen-bond donors (Lipinski definition) is 3. The van der Waals surface area contributed by atoms with Gasteiger partial charge in [-0.15, -0.1) is 0 Å². The summed E-state index contributed by atoms with van der Waals surface area (Å²) in [4.78, 5) is 4.39. The number of rotatable bonds is 4. The van der Waals surface area contributed by atoms with Crippen LogP contribution in [0.3, 0.4) is 0 Å². The fourth-order valence-electron chi connectivity index (χ4n) is 2.66. The first kappa shape index (κ1) is 12.2. The smallest absolute Gasteiger partial charge is 0.133 e. The van der Waals surface area contributed by atoms with E-state index in [0.29, 0.717) is 5.75 Å². The predicted molar refractivity (Wildman–Crippen MR) is 77.5 cm³/mol. The molecule has 0 bridgehead atoms. The zero-order valence-corrected chi connectivity index (χ0v) is 10.9. The Bertz CT molecular complexity index is 564. The number of nitrogens with zero attached hydrogens (tertiary/aromatic N) is 1. The normalized spacial score (nSPS) is 18.8. The van der Waals surface area contributed by atoms with Crippen LogP contribution in [0, 0.1) is 5.92 Å². The van der Waals surface area contributed by atoms with Gasteiger partial charge >= 0.3 is 0 Å². The fraction of sp³-hybridized carbons (Fsp3) is 0.400. The van der Waals surface area contributed by atoms with Gasteiger partial charge < -0.3 is 15.7 Å². The van der Waals surface area contributed by atoms with Gasteiger partial charge in [-0.05, 0) is 61.5 Å². The summed E-state index contributed by atoms with van der Waals surface area (Å²) in [5.41, 5.74) is 0. The second-order valence-electron chi connectivity index (χ2n) is 5.14.